The number of nitrogens with zero attached hydrogens (tertiary/aromatic N) is 4. The molecule has 112 valence electrons. The quantitative estimate of drug-likeness (QED) is 0.758. The van der Waals surface area contributed by atoms with Crippen LogP contribution in [0.4, 0.5) is 4.39 Å². The van der Waals surface area contributed by atoms with Crippen molar-refractivity contribution in [1.29, 1.82) is 0 Å². The Morgan fingerprint density at radius 2 is 2.29 bits per heavy atom. The Balaban J connectivity index is 1.55. The van der Waals surface area contributed by atoms with Crippen LogP contribution in [0.15, 0.2) is 27.8 Å². The fourth-order valence-corrected chi connectivity index (χ4v) is 3.47. The SMILES string of the molecule is Fc1ccc(CSc2nnnn2CCNC2CC2)c(Br)c1. The zero-order valence-electron chi connectivity index (χ0n) is 11.3. The molecule has 0 spiro atoms. The molecule has 0 radical (unpaired) electrons. The van der Waals surface area contributed by atoms with Crippen LogP contribution < -0.4 is 5.32 Å². The lowest BCUT2D eigenvalue weighted by Gasteiger charge is -2.06. The average molecular weight is 372 g/mol. The van der Waals surface area contributed by atoms with Gasteiger partial charge in [0.05, 0.1) is 6.54 Å². The second-order valence-corrected chi connectivity index (χ2v) is 6.73. The minimum atomic E-state index is -0.244. The lowest BCUT2D eigenvalue weighted by atomic mass is 10.2. The Morgan fingerprint density at radius 1 is 1.43 bits per heavy atom. The van der Waals surface area contributed by atoms with Crippen LogP contribution in [0.1, 0.15) is 18.4 Å². The van der Waals surface area contributed by atoms with E-state index in [1.165, 1.54) is 25.0 Å². The maximum absolute atomic E-state index is 13.1. The summed E-state index contributed by atoms with van der Waals surface area (Å²) in [4.78, 5) is 0. The summed E-state index contributed by atoms with van der Waals surface area (Å²) < 4.78 is 15.6. The first-order valence-corrected chi connectivity index (χ1v) is 8.56. The molecule has 2 aromatic rings. The summed E-state index contributed by atoms with van der Waals surface area (Å²) >= 11 is 4.92. The summed E-state index contributed by atoms with van der Waals surface area (Å²) in [6, 6.07) is 5.39. The van der Waals surface area contributed by atoms with Crippen molar-refractivity contribution < 1.29 is 4.39 Å². The largest absolute Gasteiger partial charge is 0.312 e. The third-order valence-corrected chi connectivity index (χ3v) is 4.95. The van der Waals surface area contributed by atoms with Gasteiger partial charge in [-0.15, -0.1) is 5.10 Å². The average Bonchev–Trinajstić information content (AvgIpc) is 3.17. The van der Waals surface area contributed by atoms with Gasteiger partial charge in [0.25, 0.3) is 0 Å². The number of aromatic nitrogens is 4. The predicted molar refractivity (Wildman–Crippen MR) is 82.5 cm³/mol. The molecule has 1 aromatic heterocycles. The summed E-state index contributed by atoms with van der Waals surface area (Å²) in [5, 5.41) is 16.0. The Hall–Kier alpha value is -0.990. The molecule has 0 amide bonds. The maximum Gasteiger partial charge on any atom is 0.209 e. The van der Waals surface area contributed by atoms with Crippen molar-refractivity contribution in [2.24, 2.45) is 0 Å². The third kappa shape index (κ3) is 4.24. The van der Waals surface area contributed by atoms with Crippen LogP contribution in [-0.4, -0.2) is 32.8 Å². The molecular formula is C13H15BrFN5S. The summed E-state index contributed by atoms with van der Waals surface area (Å²) in [6.07, 6.45) is 2.55. The van der Waals surface area contributed by atoms with Gasteiger partial charge in [0.1, 0.15) is 5.82 Å². The summed E-state index contributed by atoms with van der Waals surface area (Å²) in [5.74, 6) is 0.448. The molecule has 1 saturated carbocycles. The smallest absolute Gasteiger partial charge is 0.209 e. The molecular weight excluding hydrogens is 357 g/mol. The lowest BCUT2D eigenvalue weighted by Crippen LogP contribution is -2.22. The molecule has 5 nitrogen and oxygen atoms in total. The first kappa shape index (κ1) is 14.9. The van der Waals surface area contributed by atoms with Crippen LogP contribution in [0.5, 0.6) is 0 Å². The highest BCUT2D eigenvalue weighted by molar-refractivity contribution is 9.10. The van der Waals surface area contributed by atoms with Gasteiger partial charge in [-0.1, -0.05) is 33.8 Å². The molecule has 21 heavy (non-hydrogen) atoms. The second-order valence-electron chi connectivity index (χ2n) is 4.94. The van der Waals surface area contributed by atoms with Gasteiger partial charge < -0.3 is 5.32 Å². The highest BCUT2D eigenvalue weighted by Gasteiger charge is 2.20. The van der Waals surface area contributed by atoms with E-state index in [2.05, 4.69) is 36.8 Å². The zero-order chi connectivity index (χ0) is 14.7. The highest BCUT2D eigenvalue weighted by Crippen LogP contribution is 2.26. The van der Waals surface area contributed by atoms with Crippen LogP contribution in [0.2, 0.25) is 0 Å². The van der Waals surface area contributed by atoms with Crippen molar-refractivity contribution in [2.75, 3.05) is 6.54 Å². The fraction of sp³-hybridized carbons (Fsp3) is 0.462. The topological polar surface area (TPSA) is 55.6 Å². The molecule has 0 unspecified atom stereocenters. The molecule has 0 saturated heterocycles. The lowest BCUT2D eigenvalue weighted by molar-refractivity contribution is 0.509. The van der Waals surface area contributed by atoms with E-state index in [1.807, 2.05) is 0 Å². The van der Waals surface area contributed by atoms with Gasteiger partial charge in [0, 0.05) is 22.8 Å². The standard InChI is InChI=1S/C13H15BrFN5S/c14-12-7-10(15)2-1-9(12)8-21-13-17-18-19-20(13)6-5-16-11-3-4-11/h1-2,7,11,16H,3-6,8H2. The Kier molecular flexibility index (Phi) is 4.87. The summed E-state index contributed by atoms with van der Waals surface area (Å²) in [5.41, 5.74) is 1.02. The van der Waals surface area contributed by atoms with Crippen LogP contribution in [0, 0.1) is 5.82 Å². The molecule has 1 fully saturated rings. The van der Waals surface area contributed by atoms with Gasteiger partial charge in [0.2, 0.25) is 5.16 Å². The Bertz CT molecular complexity index is 616. The van der Waals surface area contributed by atoms with Crippen LogP contribution in [0.3, 0.4) is 0 Å². The van der Waals surface area contributed by atoms with Crippen molar-refractivity contribution in [3.63, 3.8) is 0 Å². The molecule has 0 bridgehead atoms. The molecule has 0 atom stereocenters. The van der Waals surface area contributed by atoms with Gasteiger partial charge in [-0.2, -0.15) is 0 Å². The van der Waals surface area contributed by atoms with Crippen molar-refractivity contribution in [3.8, 4) is 0 Å². The van der Waals surface area contributed by atoms with Crippen LogP contribution >= 0.6 is 27.7 Å². The van der Waals surface area contributed by atoms with Gasteiger partial charge >= 0.3 is 0 Å². The van der Waals surface area contributed by atoms with Gasteiger partial charge in [-0.05, 0) is 41.0 Å². The molecule has 1 heterocycles. The molecule has 1 N–H and O–H groups in total. The fourth-order valence-electron chi connectivity index (χ4n) is 1.88. The summed E-state index contributed by atoms with van der Waals surface area (Å²) in [7, 11) is 0. The van der Waals surface area contributed by atoms with Crippen molar-refractivity contribution in [1.82, 2.24) is 25.5 Å². The molecule has 3 rings (SSSR count). The van der Waals surface area contributed by atoms with Gasteiger partial charge in [0.15, 0.2) is 0 Å². The highest BCUT2D eigenvalue weighted by atomic mass is 79.9. The van der Waals surface area contributed by atoms with Gasteiger partial charge in [-0.3, -0.25) is 0 Å². The zero-order valence-corrected chi connectivity index (χ0v) is 13.7. The molecule has 1 aliphatic rings. The Labute approximate surface area is 134 Å². The molecule has 8 heteroatoms. The number of hydrogen-bond donors (Lipinski definition) is 1. The normalized spacial score (nSPS) is 14.6. The minimum Gasteiger partial charge on any atom is -0.312 e. The number of hydrogen-bond acceptors (Lipinski definition) is 5. The van der Waals surface area contributed by atoms with Crippen molar-refractivity contribution in [3.05, 3.63) is 34.1 Å². The van der Waals surface area contributed by atoms with E-state index in [9.17, 15) is 4.39 Å². The van der Waals surface area contributed by atoms with Crippen LogP contribution in [-0.2, 0) is 12.3 Å². The number of nitrogens with one attached hydrogen (secondary N) is 1. The van der Waals surface area contributed by atoms with E-state index in [1.54, 1.807) is 22.5 Å². The maximum atomic E-state index is 13.1. The molecule has 0 aliphatic heterocycles. The van der Waals surface area contributed by atoms with E-state index in [0.29, 0.717) is 11.8 Å². The van der Waals surface area contributed by atoms with Crippen molar-refractivity contribution in [2.45, 2.75) is 36.3 Å². The van der Waals surface area contributed by atoms with E-state index >= 15 is 0 Å². The Morgan fingerprint density at radius 3 is 3.05 bits per heavy atom. The van der Waals surface area contributed by atoms with E-state index in [-0.39, 0.29) is 5.82 Å². The van der Waals surface area contributed by atoms with Crippen molar-refractivity contribution >= 4 is 27.7 Å². The number of halogens is 2. The van der Waals surface area contributed by atoms with Gasteiger partial charge in [-0.25, -0.2) is 9.07 Å². The minimum absolute atomic E-state index is 0.244. The number of thioether (sulfide) groups is 1. The third-order valence-electron chi connectivity index (χ3n) is 3.20. The number of benzene rings is 1. The predicted octanol–water partition coefficient (Wildman–Crippen LogP) is 2.62. The first-order valence-electron chi connectivity index (χ1n) is 6.78. The molecule has 1 aliphatic carbocycles. The summed E-state index contributed by atoms with van der Waals surface area (Å²) in [6.45, 7) is 1.64. The van der Waals surface area contributed by atoms with E-state index in [4.69, 9.17) is 0 Å². The monoisotopic (exact) mass is 371 g/mol. The number of tetrazole rings is 1. The first-order chi connectivity index (χ1) is 10.2. The molecule has 1 aromatic carbocycles. The number of rotatable bonds is 7. The second kappa shape index (κ2) is 6.85. The van der Waals surface area contributed by atoms with Crippen LogP contribution in [0.25, 0.3) is 0 Å². The van der Waals surface area contributed by atoms with E-state index < -0.39 is 0 Å². The van der Waals surface area contributed by atoms with E-state index in [0.717, 1.165) is 28.3 Å².